The van der Waals surface area contributed by atoms with E-state index in [1.807, 2.05) is 0 Å². The first kappa shape index (κ1) is 21.9. The van der Waals surface area contributed by atoms with Crippen LogP contribution in [-0.2, 0) is 9.84 Å². The number of hydrogen-bond acceptors (Lipinski definition) is 6. The summed E-state index contributed by atoms with van der Waals surface area (Å²) in [4.78, 5) is 18.1. The van der Waals surface area contributed by atoms with Gasteiger partial charge in [0.2, 0.25) is 0 Å². The van der Waals surface area contributed by atoms with Crippen LogP contribution in [0.5, 0.6) is 0 Å². The molecule has 5 rings (SSSR count). The Hall–Kier alpha value is -2.88. The quantitative estimate of drug-likeness (QED) is 0.422. The third-order valence-corrected chi connectivity index (χ3v) is 8.08. The zero-order valence-electron chi connectivity index (χ0n) is 17.4. The molecule has 0 bridgehead atoms. The Morgan fingerprint density at radius 3 is 2.70 bits per heavy atom. The van der Waals surface area contributed by atoms with Gasteiger partial charge < -0.3 is 9.73 Å². The van der Waals surface area contributed by atoms with Gasteiger partial charge in [-0.1, -0.05) is 23.2 Å². The molecule has 0 saturated carbocycles. The molecule has 4 heterocycles. The zero-order valence-corrected chi connectivity index (χ0v) is 19.7. The second kappa shape index (κ2) is 8.16. The van der Waals surface area contributed by atoms with Crippen molar-refractivity contribution in [1.82, 2.24) is 14.8 Å². The van der Waals surface area contributed by atoms with Crippen LogP contribution in [-0.4, -0.2) is 40.6 Å². The van der Waals surface area contributed by atoms with Crippen LogP contribution >= 0.6 is 23.2 Å². The molecule has 8 nitrogen and oxygen atoms in total. The number of furan rings is 1. The summed E-state index contributed by atoms with van der Waals surface area (Å²) in [5, 5.41) is 8.66. The summed E-state index contributed by atoms with van der Waals surface area (Å²) in [6, 6.07) is 9.56. The van der Waals surface area contributed by atoms with Crippen molar-refractivity contribution in [2.75, 3.05) is 16.8 Å². The molecule has 1 N–H and O–H groups in total. The van der Waals surface area contributed by atoms with Crippen molar-refractivity contribution in [2.45, 2.75) is 19.4 Å². The number of nitrogens with one attached hydrogen (secondary N) is 1. The first-order valence-corrected chi connectivity index (χ1v) is 12.7. The fraction of sp³-hybridized carbons (Fsp3) is 0.227. The van der Waals surface area contributed by atoms with Crippen LogP contribution in [0.15, 0.2) is 47.1 Å². The summed E-state index contributed by atoms with van der Waals surface area (Å²) in [6.07, 6.45) is 1.96. The average Bonchev–Trinajstić information content (AvgIpc) is 3.49. The van der Waals surface area contributed by atoms with Gasteiger partial charge in [-0.2, -0.15) is 5.10 Å². The molecule has 11 heteroatoms. The number of halogens is 2. The van der Waals surface area contributed by atoms with E-state index in [2.05, 4.69) is 10.4 Å². The number of aromatic nitrogens is 3. The van der Waals surface area contributed by atoms with Gasteiger partial charge in [0.1, 0.15) is 5.69 Å². The maximum absolute atomic E-state index is 13.4. The van der Waals surface area contributed by atoms with Crippen molar-refractivity contribution in [3.8, 4) is 11.5 Å². The topological polar surface area (TPSA) is 107 Å². The van der Waals surface area contributed by atoms with Gasteiger partial charge >= 0.3 is 0 Å². The molecule has 0 aliphatic carbocycles. The zero-order chi connectivity index (χ0) is 23.3. The molecular formula is C22H18Cl2N4O4S. The number of carbonyl (C=O) groups is 1. The van der Waals surface area contributed by atoms with E-state index in [9.17, 15) is 13.2 Å². The summed E-state index contributed by atoms with van der Waals surface area (Å²) in [5.74, 6) is 0.168. The van der Waals surface area contributed by atoms with Crippen molar-refractivity contribution < 1.29 is 17.6 Å². The lowest BCUT2D eigenvalue weighted by molar-refractivity contribution is 0.102. The van der Waals surface area contributed by atoms with E-state index in [1.165, 1.54) is 6.26 Å². The van der Waals surface area contributed by atoms with E-state index in [0.29, 0.717) is 55.9 Å². The van der Waals surface area contributed by atoms with Crippen LogP contribution in [0.4, 0.5) is 5.69 Å². The molecule has 1 aliphatic rings. The number of nitrogens with zero attached hydrogens (tertiary/aromatic N) is 3. The van der Waals surface area contributed by atoms with Crippen LogP contribution in [0.2, 0.25) is 10.0 Å². The Balaban J connectivity index is 1.65. The number of amides is 1. The molecule has 4 aromatic rings. The Morgan fingerprint density at radius 1 is 1.21 bits per heavy atom. The van der Waals surface area contributed by atoms with Gasteiger partial charge in [0, 0.05) is 5.69 Å². The van der Waals surface area contributed by atoms with Crippen LogP contribution in [0.25, 0.3) is 22.5 Å². The Morgan fingerprint density at radius 2 is 2.03 bits per heavy atom. The lowest BCUT2D eigenvalue weighted by Crippen LogP contribution is -2.15. The predicted molar refractivity (Wildman–Crippen MR) is 127 cm³/mol. The normalized spacial score (nSPS) is 17.5. The molecule has 1 fully saturated rings. The van der Waals surface area contributed by atoms with Crippen LogP contribution in [0, 0.1) is 6.92 Å². The molecule has 1 aliphatic heterocycles. The second-order valence-electron chi connectivity index (χ2n) is 7.90. The minimum absolute atomic E-state index is 0.0132. The maximum atomic E-state index is 13.4. The second-order valence-corrected chi connectivity index (χ2v) is 10.9. The smallest absolute Gasteiger partial charge is 0.256 e. The number of benzene rings is 1. The van der Waals surface area contributed by atoms with Gasteiger partial charge in [-0.15, -0.1) is 0 Å². The summed E-state index contributed by atoms with van der Waals surface area (Å²) in [5.41, 5.74) is 2.26. The van der Waals surface area contributed by atoms with E-state index in [1.54, 1.807) is 48.0 Å². The van der Waals surface area contributed by atoms with Gasteiger partial charge in [0.25, 0.3) is 5.91 Å². The van der Waals surface area contributed by atoms with E-state index < -0.39 is 15.7 Å². The molecular weight excluding hydrogens is 487 g/mol. The lowest BCUT2D eigenvalue weighted by Gasteiger charge is -2.12. The van der Waals surface area contributed by atoms with E-state index in [-0.39, 0.29) is 17.5 Å². The molecule has 170 valence electrons. The highest BCUT2D eigenvalue weighted by Crippen LogP contribution is 2.33. The van der Waals surface area contributed by atoms with Gasteiger partial charge in [-0.05, 0) is 49.7 Å². The minimum atomic E-state index is -3.14. The molecule has 0 radical (unpaired) electrons. The molecule has 1 atom stereocenters. The Kier molecular flexibility index (Phi) is 5.43. The number of pyridine rings is 1. The van der Waals surface area contributed by atoms with E-state index >= 15 is 0 Å². The Labute approximate surface area is 199 Å². The third-order valence-electron chi connectivity index (χ3n) is 5.59. The molecule has 3 aromatic heterocycles. The fourth-order valence-electron chi connectivity index (χ4n) is 4.04. The minimum Gasteiger partial charge on any atom is -0.463 e. The predicted octanol–water partition coefficient (Wildman–Crippen LogP) is 4.92. The first-order valence-electron chi connectivity index (χ1n) is 10.1. The van der Waals surface area contributed by atoms with Crippen molar-refractivity contribution in [1.29, 1.82) is 0 Å². The maximum Gasteiger partial charge on any atom is 0.256 e. The lowest BCUT2D eigenvalue weighted by atomic mass is 10.1. The highest BCUT2D eigenvalue weighted by atomic mass is 35.5. The fourth-order valence-corrected chi connectivity index (χ4v) is 6.03. The van der Waals surface area contributed by atoms with Crippen LogP contribution in [0.1, 0.15) is 28.5 Å². The molecule has 1 unspecified atom stereocenters. The Bertz CT molecular complexity index is 1500. The van der Waals surface area contributed by atoms with Crippen molar-refractivity contribution in [3.63, 3.8) is 0 Å². The summed E-state index contributed by atoms with van der Waals surface area (Å²) in [6.45, 7) is 1.77. The highest BCUT2D eigenvalue weighted by molar-refractivity contribution is 7.91. The van der Waals surface area contributed by atoms with Crippen LogP contribution < -0.4 is 5.32 Å². The van der Waals surface area contributed by atoms with E-state index in [4.69, 9.17) is 32.6 Å². The van der Waals surface area contributed by atoms with Crippen molar-refractivity contribution in [2.24, 2.45) is 0 Å². The van der Waals surface area contributed by atoms with Crippen LogP contribution in [0.3, 0.4) is 0 Å². The summed E-state index contributed by atoms with van der Waals surface area (Å²) >= 11 is 12.1. The molecule has 33 heavy (non-hydrogen) atoms. The summed E-state index contributed by atoms with van der Waals surface area (Å²) in [7, 11) is -3.14. The van der Waals surface area contributed by atoms with Gasteiger partial charge in [-0.25, -0.2) is 18.1 Å². The third kappa shape index (κ3) is 4.12. The number of anilines is 1. The first-order chi connectivity index (χ1) is 15.7. The molecule has 1 amide bonds. The van der Waals surface area contributed by atoms with Crippen molar-refractivity contribution >= 4 is 55.7 Å². The summed E-state index contributed by atoms with van der Waals surface area (Å²) < 4.78 is 31.3. The molecule has 1 aromatic carbocycles. The van der Waals surface area contributed by atoms with Gasteiger partial charge in [0.15, 0.2) is 21.2 Å². The number of hydrogen-bond donors (Lipinski definition) is 1. The van der Waals surface area contributed by atoms with Gasteiger partial charge in [-0.3, -0.25) is 4.79 Å². The number of rotatable bonds is 4. The van der Waals surface area contributed by atoms with E-state index in [0.717, 1.165) is 0 Å². The number of aryl methyl sites for hydroxylation is 1. The average molecular weight is 505 g/mol. The number of fused-ring (bicyclic) bond motifs is 1. The largest absolute Gasteiger partial charge is 0.463 e. The standard InChI is InChI=1S/C22H18Cl2N4O4S/c1-12-20-15(22(29)25-13-4-5-16(23)17(24)9-13)10-18(19-3-2-7-32-19)26-21(20)28(27-12)14-6-8-33(30,31)11-14/h2-5,7,9-10,14H,6,8,11H2,1H3,(H,25,29). The number of carbonyl (C=O) groups excluding carboxylic acids is 1. The molecule has 1 saturated heterocycles. The molecule has 0 spiro atoms. The number of sulfone groups is 1. The monoisotopic (exact) mass is 504 g/mol. The van der Waals surface area contributed by atoms with Crippen molar-refractivity contribution in [3.05, 3.63) is 64.0 Å². The SMILES string of the molecule is Cc1nn(C2CCS(=O)(=O)C2)c2nc(-c3ccco3)cc(C(=O)Nc3ccc(Cl)c(Cl)c3)c12. The highest BCUT2D eigenvalue weighted by Gasteiger charge is 2.32. The van der Waals surface area contributed by atoms with Gasteiger partial charge in [0.05, 0.1) is 50.5 Å².